The summed E-state index contributed by atoms with van der Waals surface area (Å²) < 4.78 is 0. The first-order valence-electron chi connectivity index (χ1n) is 7.20. The first-order chi connectivity index (χ1) is 9.75. The molecule has 1 aliphatic heterocycles. The van der Waals surface area contributed by atoms with Crippen LogP contribution in [0.25, 0.3) is 0 Å². The minimum absolute atomic E-state index is 0.0617. The van der Waals surface area contributed by atoms with Crippen molar-refractivity contribution in [2.24, 2.45) is 0 Å². The van der Waals surface area contributed by atoms with Crippen LogP contribution >= 0.6 is 0 Å². The molecule has 0 saturated carbocycles. The molecular weight excluding hydrogens is 266 g/mol. The van der Waals surface area contributed by atoms with E-state index in [1.807, 2.05) is 37.8 Å². The van der Waals surface area contributed by atoms with Crippen molar-refractivity contribution in [3.8, 4) is 0 Å². The Labute approximate surface area is 125 Å². The second-order valence-electron chi connectivity index (χ2n) is 6.56. The quantitative estimate of drug-likeness (QED) is 0.824. The number of nitrogens with two attached hydrogens (primary N) is 1. The maximum atomic E-state index is 12.0. The summed E-state index contributed by atoms with van der Waals surface area (Å²) in [6.07, 6.45) is 0.686. The summed E-state index contributed by atoms with van der Waals surface area (Å²) in [6.45, 7) is 6.59. The number of hydrogen-bond donors (Lipinski definition) is 2. The van der Waals surface area contributed by atoms with E-state index in [1.165, 1.54) is 0 Å². The fourth-order valence-electron chi connectivity index (χ4n) is 2.55. The van der Waals surface area contributed by atoms with Gasteiger partial charge in [-0.3, -0.25) is 9.59 Å². The molecule has 1 unspecified atom stereocenters. The molecule has 1 aromatic carbocycles. The highest BCUT2D eigenvalue weighted by Gasteiger charge is 2.36. The van der Waals surface area contributed by atoms with Crippen molar-refractivity contribution in [2.75, 3.05) is 12.3 Å². The van der Waals surface area contributed by atoms with Crippen LogP contribution in [-0.4, -0.2) is 34.8 Å². The fourth-order valence-corrected chi connectivity index (χ4v) is 2.55. The molecule has 1 aromatic rings. The van der Waals surface area contributed by atoms with Crippen molar-refractivity contribution in [1.82, 2.24) is 10.2 Å². The molecule has 2 amide bonds. The Morgan fingerprint density at radius 1 is 1.33 bits per heavy atom. The lowest BCUT2D eigenvalue weighted by atomic mass is 10.1. The van der Waals surface area contributed by atoms with Gasteiger partial charge in [-0.1, -0.05) is 12.1 Å². The van der Waals surface area contributed by atoms with Crippen LogP contribution < -0.4 is 11.1 Å². The Morgan fingerprint density at radius 2 is 1.95 bits per heavy atom. The molecule has 2 rings (SSSR count). The van der Waals surface area contributed by atoms with Gasteiger partial charge < -0.3 is 16.0 Å². The Balaban J connectivity index is 1.89. The van der Waals surface area contributed by atoms with E-state index in [0.717, 1.165) is 5.56 Å². The molecule has 0 bridgehead atoms. The van der Waals surface area contributed by atoms with E-state index in [2.05, 4.69) is 5.32 Å². The van der Waals surface area contributed by atoms with Crippen LogP contribution in [0.3, 0.4) is 0 Å². The second kappa shape index (κ2) is 5.76. The van der Waals surface area contributed by atoms with Crippen LogP contribution in [0.5, 0.6) is 0 Å². The summed E-state index contributed by atoms with van der Waals surface area (Å²) in [5.74, 6) is 0.0358. The lowest BCUT2D eigenvalue weighted by Gasteiger charge is -2.32. The molecule has 21 heavy (non-hydrogen) atoms. The van der Waals surface area contributed by atoms with E-state index in [1.54, 1.807) is 12.1 Å². The van der Waals surface area contributed by atoms with Gasteiger partial charge in [0.15, 0.2) is 0 Å². The average molecular weight is 289 g/mol. The second-order valence-corrected chi connectivity index (χ2v) is 6.56. The van der Waals surface area contributed by atoms with Crippen LogP contribution in [0.1, 0.15) is 32.8 Å². The van der Waals surface area contributed by atoms with E-state index >= 15 is 0 Å². The molecule has 3 N–H and O–H groups in total. The highest BCUT2D eigenvalue weighted by atomic mass is 16.2. The number of nitrogen functional groups attached to an aromatic ring is 1. The third kappa shape index (κ3) is 3.97. The van der Waals surface area contributed by atoms with Gasteiger partial charge in [0.1, 0.15) is 0 Å². The van der Waals surface area contributed by atoms with Crippen molar-refractivity contribution in [2.45, 2.75) is 45.2 Å². The van der Waals surface area contributed by atoms with Gasteiger partial charge in [0.25, 0.3) is 0 Å². The molecule has 0 spiro atoms. The molecule has 114 valence electrons. The monoisotopic (exact) mass is 289 g/mol. The Morgan fingerprint density at radius 3 is 2.48 bits per heavy atom. The summed E-state index contributed by atoms with van der Waals surface area (Å²) in [5.41, 5.74) is 7.01. The highest BCUT2D eigenvalue weighted by Crippen LogP contribution is 2.21. The van der Waals surface area contributed by atoms with Crippen molar-refractivity contribution in [1.29, 1.82) is 0 Å². The third-order valence-corrected chi connectivity index (χ3v) is 3.64. The zero-order chi connectivity index (χ0) is 15.6. The number of amides is 2. The zero-order valence-corrected chi connectivity index (χ0v) is 12.8. The predicted octanol–water partition coefficient (Wildman–Crippen LogP) is 1.33. The Hall–Kier alpha value is -2.04. The number of anilines is 1. The first-order valence-corrected chi connectivity index (χ1v) is 7.20. The summed E-state index contributed by atoms with van der Waals surface area (Å²) in [5, 5.41) is 2.94. The van der Waals surface area contributed by atoms with Gasteiger partial charge in [-0.25, -0.2) is 0 Å². The number of benzene rings is 1. The molecule has 1 saturated heterocycles. The van der Waals surface area contributed by atoms with Crippen LogP contribution in [0, 0.1) is 0 Å². The SMILES string of the molecule is CC(C)(C)N1CC(NC(=O)Cc2ccc(N)cc2)CC1=O. The van der Waals surface area contributed by atoms with E-state index < -0.39 is 0 Å². The van der Waals surface area contributed by atoms with Gasteiger partial charge in [-0.15, -0.1) is 0 Å². The van der Waals surface area contributed by atoms with Gasteiger partial charge in [0.2, 0.25) is 11.8 Å². The number of carbonyl (C=O) groups excluding carboxylic acids is 2. The largest absolute Gasteiger partial charge is 0.399 e. The van der Waals surface area contributed by atoms with Gasteiger partial charge >= 0.3 is 0 Å². The lowest BCUT2D eigenvalue weighted by Crippen LogP contribution is -2.44. The normalized spacial score (nSPS) is 18.9. The number of hydrogen-bond acceptors (Lipinski definition) is 3. The van der Waals surface area contributed by atoms with E-state index in [4.69, 9.17) is 5.73 Å². The fraction of sp³-hybridized carbons (Fsp3) is 0.500. The standard InChI is InChI=1S/C16H23N3O2/c1-16(2,3)19-10-13(9-15(19)21)18-14(20)8-11-4-6-12(17)7-5-11/h4-7,13H,8-10,17H2,1-3H3,(H,18,20). The molecule has 1 atom stereocenters. The van der Waals surface area contributed by atoms with Crippen molar-refractivity contribution in [3.63, 3.8) is 0 Å². The third-order valence-electron chi connectivity index (χ3n) is 3.64. The molecule has 0 aromatic heterocycles. The predicted molar refractivity (Wildman–Crippen MR) is 82.6 cm³/mol. The highest BCUT2D eigenvalue weighted by molar-refractivity contribution is 5.83. The van der Waals surface area contributed by atoms with E-state index in [-0.39, 0.29) is 23.4 Å². The van der Waals surface area contributed by atoms with Gasteiger partial charge in [-0.2, -0.15) is 0 Å². The molecule has 5 heteroatoms. The van der Waals surface area contributed by atoms with E-state index in [0.29, 0.717) is 25.1 Å². The number of nitrogens with zero attached hydrogens (tertiary/aromatic N) is 1. The smallest absolute Gasteiger partial charge is 0.225 e. The number of carbonyl (C=O) groups is 2. The average Bonchev–Trinajstić information content (AvgIpc) is 2.73. The van der Waals surface area contributed by atoms with Crippen LogP contribution in [0.15, 0.2) is 24.3 Å². The summed E-state index contributed by atoms with van der Waals surface area (Å²) in [4.78, 5) is 25.8. The van der Waals surface area contributed by atoms with E-state index in [9.17, 15) is 9.59 Å². The maximum absolute atomic E-state index is 12.0. The summed E-state index contributed by atoms with van der Waals surface area (Å²) >= 11 is 0. The number of rotatable bonds is 3. The van der Waals surface area contributed by atoms with Crippen LogP contribution in [0.4, 0.5) is 5.69 Å². The Kier molecular flexibility index (Phi) is 4.21. The molecule has 1 aliphatic rings. The summed E-state index contributed by atoms with van der Waals surface area (Å²) in [6, 6.07) is 7.15. The Bertz CT molecular complexity index is 531. The zero-order valence-electron chi connectivity index (χ0n) is 12.8. The first kappa shape index (κ1) is 15.4. The van der Waals surface area contributed by atoms with Crippen LogP contribution in [0.2, 0.25) is 0 Å². The van der Waals surface area contributed by atoms with Crippen molar-refractivity contribution >= 4 is 17.5 Å². The van der Waals surface area contributed by atoms with Crippen molar-refractivity contribution < 1.29 is 9.59 Å². The summed E-state index contributed by atoms with van der Waals surface area (Å²) in [7, 11) is 0. The molecule has 5 nitrogen and oxygen atoms in total. The minimum Gasteiger partial charge on any atom is -0.399 e. The lowest BCUT2D eigenvalue weighted by molar-refractivity contribution is -0.131. The van der Waals surface area contributed by atoms with Crippen molar-refractivity contribution in [3.05, 3.63) is 29.8 Å². The van der Waals surface area contributed by atoms with Crippen LogP contribution in [-0.2, 0) is 16.0 Å². The number of likely N-dealkylation sites (tertiary alicyclic amines) is 1. The molecular formula is C16H23N3O2. The molecule has 0 radical (unpaired) electrons. The van der Waals surface area contributed by atoms with Gasteiger partial charge in [0, 0.05) is 24.2 Å². The van der Waals surface area contributed by atoms with Gasteiger partial charge in [0.05, 0.1) is 12.5 Å². The molecule has 1 heterocycles. The molecule has 0 aliphatic carbocycles. The topological polar surface area (TPSA) is 75.4 Å². The van der Waals surface area contributed by atoms with Gasteiger partial charge in [-0.05, 0) is 38.5 Å². The number of nitrogens with one attached hydrogen (secondary N) is 1. The minimum atomic E-state index is -0.201. The maximum Gasteiger partial charge on any atom is 0.225 e. The molecule has 1 fully saturated rings.